The molecular weight excluding hydrogens is 455 g/mol. The summed E-state index contributed by atoms with van der Waals surface area (Å²) in [5.74, 6) is 0.684. The number of carbonyl (C=O) groups is 2. The molecule has 0 aromatic heterocycles. The monoisotopic (exact) mass is 490 g/mol. The predicted molar refractivity (Wildman–Crippen MR) is 138 cm³/mol. The Labute approximate surface area is 208 Å². The van der Waals surface area contributed by atoms with Crippen molar-refractivity contribution in [1.82, 2.24) is 10.2 Å². The summed E-state index contributed by atoms with van der Waals surface area (Å²) in [6.45, 7) is 5.06. The number of halogens is 2. The Morgan fingerprint density at radius 1 is 0.970 bits per heavy atom. The summed E-state index contributed by atoms with van der Waals surface area (Å²) in [6.07, 6.45) is 5.39. The second kappa shape index (κ2) is 14.4. The van der Waals surface area contributed by atoms with Gasteiger partial charge >= 0.3 is 0 Å². The van der Waals surface area contributed by atoms with Crippen LogP contribution in [0.1, 0.15) is 57.6 Å². The Morgan fingerprint density at radius 3 is 2.00 bits per heavy atom. The van der Waals surface area contributed by atoms with Crippen LogP contribution in [0.15, 0.2) is 54.6 Å². The summed E-state index contributed by atoms with van der Waals surface area (Å²) in [6, 6.07) is 18.0. The van der Waals surface area contributed by atoms with E-state index < -0.39 is 0 Å². The molecule has 0 spiro atoms. The van der Waals surface area contributed by atoms with E-state index in [1.807, 2.05) is 66.5 Å². The maximum Gasteiger partial charge on any atom is 0.226 e. The topological polar surface area (TPSA) is 49.4 Å². The molecule has 2 aliphatic rings. The number of carbonyl (C=O) groups excluding carboxylic acids is 2. The van der Waals surface area contributed by atoms with Crippen molar-refractivity contribution >= 4 is 35.4 Å². The van der Waals surface area contributed by atoms with Crippen molar-refractivity contribution in [3.05, 3.63) is 70.2 Å². The molecule has 1 aliphatic carbocycles. The van der Waals surface area contributed by atoms with E-state index in [0.29, 0.717) is 23.4 Å². The lowest BCUT2D eigenvalue weighted by Crippen LogP contribution is -2.44. The molecule has 0 bridgehead atoms. The molecule has 1 heterocycles. The highest BCUT2D eigenvalue weighted by Gasteiger charge is 2.38. The van der Waals surface area contributed by atoms with E-state index in [0.717, 1.165) is 36.3 Å². The van der Waals surface area contributed by atoms with E-state index >= 15 is 0 Å². The number of amides is 1. The highest BCUT2D eigenvalue weighted by molar-refractivity contribution is 6.30. The third kappa shape index (κ3) is 9.87. The van der Waals surface area contributed by atoms with Crippen LogP contribution < -0.4 is 5.32 Å². The first-order chi connectivity index (χ1) is 15.8. The third-order valence-electron chi connectivity index (χ3n) is 5.89. The molecule has 4 rings (SSSR count). The van der Waals surface area contributed by atoms with Gasteiger partial charge in [-0.05, 0) is 68.5 Å². The van der Waals surface area contributed by atoms with E-state index in [1.54, 1.807) is 0 Å². The Bertz CT molecular complexity index is 839. The average molecular weight is 492 g/mol. The van der Waals surface area contributed by atoms with Gasteiger partial charge in [-0.15, -0.1) is 0 Å². The smallest absolute Gasteiger partial charge is 0.226 e. The molecule has 6 heteroatoms. The zero-order chi connectivity index (χ0) is 24.2. The molecule has 1 aliphatic heterocycles. The van der Waals surface area contributed by atoms with Gasteiger partial charge in [0.25, 0.3) is 0 Å². The minimum Gasteiger partial charge on any atom is -0.335 e. The lowest BCUT2D eigenvalue weighted by atomic mass is 9.86. The van der Waals surface area contributed by atoms with Gasteiger partial charge in [-0.3, -0.25) is 4.79 Å². The van der Waals surface area contributed by atoms with Crippen LogP contribution in [-0.4, -0.2) is 36.7 Å². The van der Waals surface area contributed by atoms with E-state index in [1.165, 1.54) is 12.8 Å². The van der Waals surface area contributed by atoms with Gasteiger partial charge in [0.2, 0.25) is 5.91 Å². The van der Waals surface area contributed by atoms with E-state index in [-0.39, 0.29) is 17.9 Å². The molecule has 2 aromatic carbocycles. The number of nitrogens with zero attached hydrogens (tertiary/aromatic N) is 1. The second-order valence-corrected chi connectivity index (χ2v) is 9.79. The van der Waals surface area contributed by atoms with Gasteiger partial charge in [-0.1, -0.05) is 67.4 Å². The van der Waals surface area contributed by atoms with Crippen molar-refractivity contribution in [2.75, 3.05) is 13.6 Å². The molecule has 2 unspecified atom stereocenters. The van der Waals surface area contributed by atoms with Crippen molar-refractivity contribution < 1.29 is 9.59 Å². The second-order valence-electron chi connectivity index (χ2n) is 8.92. The van der Waals surface area contributed by atoms with Crippen molar-refractivity contribution in [2.24, 2.45) is 11.8 Å². The van der Waals surface area contributed by atoms with Crippen LogP contribution >= 0.6 is 23.2 Å². The SMILES string of the molecule is CNC(C)C.Clc1ccccc1.O=CCC1CCC(c2ccc(Cl)cc2)N(CC2CC2)C1=O. The maximum atomic E-state index is 12.7. The molecule has 1 amide bonds. The summed E-state index contributed by atoms with van der Waals surface area (Å²) in [7, 11) is 1.95. The molecule has 1 saturated heterocycles. The van der Waals surface area contributed by atoms with Gasteiger partial charge in [-0.25, -0.2) is 0 Å². The molecule has 2 atom stereocenters. The highest BCUT2D eigenvalue weighted by atomic mass is 35.5. The summed E-state index contributed by atoms with van der Waals surface area (Å²) >= 11 is 11.5. The largest absolute Gasteiger partial charge is 0.335 e. The standard InChI is InChI=1S/C17H20ClNO2.C6H5Cl.C4H11N/c18-15-6-3-13(4-7-15)16-8-5-14(9-10-20)17(21)19(16)11-12-1-2-12;7-6-4-2-1-3-5-6;1-4(2)5-3/h3-4,6-7,10,12,14,16H,1-2,5,8-9,11H2;1-5H;4-5H,1-3H3. The van der Waals surface area contributed by atoms with Gasteiger partial charge in [0, 0.05) is 35.0 Å². The molecule has 33 heavy (non-hydrogen) atoms. The van der Waals surface area contributed by atoms with Crippen molar-refractivity contribution in [3.63, 3.8) is 0 Å². The first-order valence-electron chi connectivity index (χ1n) is 11.7. The number of hydrogen-bond donors (Lipinski definition) is 1. The lowest BCUT2D eigenvalue weighted by molar-refractivity contribution is -0.143. The summed E-state index contributed by atoms with van der Waals surface area (Å²) < 4.78 is 0. The predicted octanol–water partition coefficient (Wildman–Crippen LogP) is 6.57. The van der Waals surface area contributed by atoms with Gasteiger partial charge in [0.15, 0.2) is 0 Å². The zero-order valence-corrected chi connectivity index (χ0v) is 21.4. The lowest BCUT2D eigenvalue weighted by Gasteiger charge is -2.39. The normalized spacial score (nSPS) is 19.8. The quantitative estimate of drug-likeness (QED) is 0.465. The molecule has 0 radical (unpaired) electrons. The van der Waals surface area contributed by atoms with Crippen molar-refractivity contribution in [2.45, 2.75) is 58.0 Å². The third-order valence-corrected chi connectivity index (χ3v) is 6.40. The highest BCUT2D eigenvalue weighted by Crippen LogP contribution is 2.39. The number of aldehydes is 1. The summed E-state index contributed by atoms with van der Waals surface area (Å²) in [5.41, 5.74) is 1.15. The van der Waals surface area contributed by atoms with Crippen LogP contribution in [0.2, 0.25) is 10.0 Å². The first-order valence-corrected chi connectivity index (χ1v) is 12.5. The van der Waals surface area contributed by atoms with Crippen molar-refractivity contribution in [1.29, 1.82) is 0 Å². The molecule has 180 valence electrons. The Balaban J connectivity index is 0.000000264. The molecule has 1 saturated carbocycles. The van der Waals surface area contributed by atoms with Crippen LogP contribution in [0.5, 0.6) is 0 Å². The van der Waals surface area contributed by atoms with E-state index in [4.69, 9.17) is 23.2 Å². The van der Waals surface area contributed by atoms with Crippen LogP contribution in [0, 0.1) is 11.8 Å². The Hall–Kier alpha value is -1.88. The average Bonchev–Trinajstić information content (AvgIpc) is 3.63. The molecule has 2 aromatic rings. The number of likely N-dealkylation sites (tertiary alicyclic amines) is 1. The van der Waals surface area contributed by atoms with Gasteiger partial charge in [-0.2, -0.15) is 0 Å². The maximum absolute atomic E-state index is 12.7. The fraction of sp³-hybridized carbons (Fsp3) is 0.481. The molecular formula is C27H36Cl2N2O2. The summed E-state index contributed by atoms with van der Waals surface area (Å²) in [4.78, 5) is 25.4. The number of benzene rings is 2. The number of nitrogens with one attached hydrogen (secondary N) is 1. The Morgan fingerprint density at radius 2 is 1.55 bits per heavy atom. The van der Waals surface area contributed by atoms with Gasteiger partial charge < -0.3 is 15.0 Å². The van der Waals surface area contributed by atoms with E-state index in [9.17, 15) is 9.59 Å². The van der Waals surface area contributed by atoms with E-state index in [2.05, 4.69) is 19.2 Å². The van der Waals surface area contributed by atoms with Gasteiger partial charge in [0.1, 0.15) is 6.29 Å². The zero-order valence-electron chi connectivity index (χ0n) is 19.8. The number of hydrogen-bond acceptors (Lipinski definition) is 3. The fourth-order valence-electron chi connectivity index (χ4n) is 3.60. The molecule has 1 N–H and O–H groups in total. The minimum absolute atomic E-state index is 0.121. The number of piperidine rings is 1. The Kier molecular flexibility index (Phi) is 11.9. The first kappa shape index (κ1) is 27.4. The summed E-state index contributed by atoms with van der Waals surface area (Å²) in [5, 5.41) is 4.54. The van der Waals surface area contributed by atoms with Crippen molar-refractivity contribution in [3.8, 4) is 0 Å². The van der Waals surface area contributed by atoms with Gasteiger partial charge in [0.05, 0.1) is 6.04 Å². The van der Waals surface area contributed by atoms with Crippen LogP contribution in [0.4, 0.5) is 0 Å². The van der Waals surface area contributed by atoms with Crippen LogP contribution in [-0.2, 0) is 9.59 Å². The molecule has 2 fully saturated rings. The van der Waals surface area contributed by atoms with Crippen LogP contribution in [0.25, 0.3) is 0 Å². The van der Waals surface area contributed by atoms with Crippen LogP contribution in [0.3, 0.4) is 0 Å². The minimum atomic E-state index is -0.121. The fourth-order valence-corrected chi connectivity index (χ4v) is 3.87. The number of rotatable bonds is 6. The molecule has 4 nitrogen and oxygen atoms in total.